The minimum Gasteiger partial charge on any atom is -0.356 e. The van der Waals surface area contributed by atoms with Gasteiger partial charge in [0.25, 0.3) is 0 Å². The van der Waals surface area contributed by atoms with Gasteiger partial charge in [0.05, 0.1) is 4.90 Å². The molecule has 0 aromatic heterocycles. The molecule has 0 spiro atoms. The molecule has 0 radical (unpaired) electrons. The summed E-state index contributed by atoms with van der Waals surface area (Å²) in [5.74, 6) is 2.58. The van der Waals surface area contributed by atoms with E-state index in [9.17, 15) is 8.42 Å². The normalized spacial score (nSPS) is 21.9. The van der Waals surface area contributed by atoms with Gasteiger partial charge in [0.2, 0.25) is 10.0 Å². The summed E-state index contributed by atoms with van der Waals surface area (Å²) in [7, 11) is -1.57. The molecule has 0 amide bonds. The standard InChI is InChI=1S/C19H30N4O2S2.HI/c1-20-19(22-15-17-6-5-13-26-17)21-14-16-9-11-23(12-10-16)27(24,25)18-7-3-2-4-8-18;/h2-4,7-8,16-17H,5-6,9-15H2,1H3,(H2,20,21,22);1H. The highest BCUT2D eigenvalue weighted by molar-refractivity contribution is 14.0. The predicted molar refractivity (Wildman–Crippen MR) is 128 cm³/mol. The first-order valence-electron chi connectivity index (χ1n) is 9.71. The molecule has 158 valence electrons. The number of thioether (sulfide) groups is 1. The summed E-state index contributed by atoms with van der Waals surface area (Å²) in [6.45, 7) is 2.94. The lowest BCUT2D eigenvalue weighted by Gasteiger charge is -2.31. The zero-order chi connectivity index (χ0) is 19.1. The first kappa shape index (κ1) is 23.8. The first-order valence-corrected chi connectivity index (χ1v) is 12.2. The Balaban J connectivity index is 0.00000280. The Labute approximate surface area is 190 Å². The molecule has 0 bridgehead atoms. The number of nitrogens with zero attached hydrogens (tertiary/aromatic N) is 2. The van der Waals surface area contributed by atoms with Gasteiger partial charge < -0.3 is 10.6 Å². The molecule has 1 aromatic rings. The smallest absolute Gasteiger partial charge is 0.243 e. The van der Waals surface area contributed by atoms with Gasteiger partial charge in [-0.2, -0.15) is 16.1 Å². The fraction of sp³-hybridized carbons (Fsp3) is 0.632. The molecule has 1 aromatic carbocycles. The van der Waals surface area contributed by atoms with Gasteiger partial charge in [-0.15, -0.1) is 24.0 Å². The van der Waals surface area contributed by atoms with Crippen LogP contribution < -0.4 is 10.6 Å². The summed E-state index contributed by atoms with van der Waals surface area (Å²) >= 11 is 2.03. The highest BCUT2D eigenvalue weighted by Crippen LogP contribution is 2.25. The van der Waals surface area contributed by atoms with Crippen LogP contribution in [0.25, 0.3) is 0 Å². The quantitative estimate of drug-likeness (QED) is 0.331. The molecule has 3 rings (SSSR count). The largest absolute Gasteiger partial charge is 0.356 e. The van der Waals surface area contributed by atoms with Crippen molar-refractivity contribution in [3.63, 3.8) is 0 Å². The molecule has 28 heavy (non-hydrogen) atoms. The van der Waals surface area contributed by atoms with Crippen molar-refractivity contribution < 1.29 is 8.42 Å². The Morgan fingerprint density at radius 2 is 1.82 bits per heavy atom. The number of benzene rings is 1. The van der Waals surface area contributed by atoms with Gasteiger partial charge in [0, 0.05) is 38.5 Å². The van der Waals surface area contributed by atoms with Crippen LogP contribution in [0.15, 0.2) is 40.2 Å². The Morgan fingerprint density at radius 3 is 2.43 bits per heavy atom. The number of rotatable bonds is 6. The van der Waals surface area contributed by atoms with Crippen molar-refractivity contribution in [1.29, 1.82) is 0 Å². The average Bonchev–Trinajstić information content (AvgIpc) is 3.23. The van der Waals surface area contributed by atoms with Gasteiger partial charge in [0.15, 0.2) is 5.96 Å². The van der Waals surface area contributed by atoms with E-state index in [2.05, 4.69) is 15.6 Å². The molecule has 1 unspecified atom stereocenters. The molecular formula is C19H31IN4O2S2. The number of piperidine rings is 1. The average molecular weight is 539 g/mol. The van der Waals surface area contributed by atoms with Crippen molar-refractivity contribution in [3.8, 4) is 0 Å². The second-order valence-electron chi connectivity index (χ2n) is 7.13. The Morgan fingerprint density at radius 1 is 1.14 bits per heavy atom. The number of hydrogen-bond acceptors (Lipinski definition) is 4. The van der Waals surface area contributed by atoms with Crippen LogP contribution in [0.1, 0.15) is 25.7 Å². The van der Waals surface area contributed by atoms with E-state index in [1.54, 1.807) is 35.6 Å². The lowest BCUT2D eigenvalue weighted by Crippen LogP contribution is -2.45. The summed E-state index contributed by atoms with van der Waals surface area (Å²) in [6.07, 6.45) is 4.33. The second-order valence-corrected chi connectivity index (χ2v) is 10.5. The number of guanidine groups is 1. The summed E-state index contributed by atoms with van der Waals surface area (Å²) in [4.78, 5) is 4.69. The van der Waals surface area contributed by atoms with Crippen LogP contribution >= 0.6 is 35.7 Å². The first-order chi connectivity index (χ1) is 13.1. The number of nitrogens with one attached hydrogen (secondary N) is 2. The Hall–Kier alpha value is -0.520. The third-order valence-electron chi connectivity index (χ3n) is 5.26. The van der Waals surface area contributed by atoms with Crippen molar-refractivity contribution in [2.24, 2.45) is 10.9 Å². The van der Waals surface area contributed by atoms with Crippen LogP contribution in [0.2, 0.25) is 0 Å². The Bertz CT molecular complexity index is 717. The number of aliphatic imine (C=N–C) groups is 1. The van der Waals surface area contributed by atoms with E-state index in [0.717, 1.165) is 31.9 Å². The minimum atomic E-state index is -3.36. The van der Waals surface area contributed by atoms with Gasteiger partial charge in [-0.25, -0.2) is 8.42 Å². The summed E-state index contributed by atoms with van der Waals surface area (Å²) < 4.78 is 27.0. The molecule has 2 aliphatic rings. The second kappa shape index (κ2) is 11.6. The molecule has 2 fully saturated rings. The van der Waals surface area contributed by atoms with E-state index in [1.807, 2.05) is 17.8 Å². The van der Waals surface area contributed by atoms with E-state index in [-0.39, 0.29) is 24.0 Å². The van der Waals surface area contributed by atoms with E-state index in [0.29, 0.717) is 29.2 Å². The van der Waals surface area contributed by atoms with Crippen molar-refractivity contribution in [1.82, 2.24) is 14.9 Å². The summed E-state index contributed by atoms with van der Waals surface area (Å²) in [6, 6.07) is 8.71. The van der Waals surface area contributed by atoms with Crippen LogP contribution in [0.4, 0.5) is 0 Å². The zero-order valence-corrected chi connectivity index (χ0v) is 20.3. The van der Waals surface area contributed by atoms with Crippen LogP contribution in [0.3, 0.4) is 0 Å². The molecule has 6 nitrogen and oxygen atoms in total. The molecule has 0 saturated carbocycles. The van der Waals surface area contributed by atoms with Gasteiger partial charge >= 0.3 is 0 Å². The lowest BCUT2D eigenvalue weighted by atomic mass is 9.98. The monoisotopic (exact) mass is 538 g/mol. The summed E-state index contributed by atoms with van der Waals surface area (Å²) in [5.41, 5.74) is 0. The van der Waals surface area contributed by atoms with E-state index < -0.39 is 10.0 Å². The molecular weight excluding hydrogens is 507 g/mol. The summed E-state index contributed by atoms with van der Waals surface area (Å²) in [5, 5.41) is 7.52. The molecule has 2 N–H and O–H groups in total. The van der Waals surface area contributed by atoms with E-state index in [1.165, 1.54) is 18.6 Å². The molecule has 0 aliphatic carbocycles. The van der Waals surface area contributed by atoms with Crippen molar-refractivity contribution >= 4 is 51.7 Å². The van der Waals surface area contributed by atoms with Gasteiger partial charge in [-0.1, -0.05) is 18.2 Å². The molecule has 2 saturated heterocycles. The third kappa shape index (κ3) is 6.50. The predicted octanol–water partition coefficient (Wildman–Crippen LogP) is 2.77. The zero-order valence-electron chi connectivity index (χ0n) is 16.3. The van der Waals surface area contributed by atoms with Crippen molar-refractivity contribution in [2.45, 2.75) is 35.8 Å². The van der Waals surface area contributed by atoms with E-state index >= 15 is 0 Å². The number of hydrogen-bond donors (Lipinski definition) is 2. The number of halogens is 1. The molecule has 2 heterocycles. The van der Waals surface area contributed by atoms with Crippen molar-refractivity contribution in [2.75, 3.05) is 39.0 Å². The minimum absolute atomic E-state index is 0. The fourth-order valence-corrected chi connectivity index (χ4v) is 6.26. The third-order valence-corrected chi connectivity index (χ3v) is 8.57. The van der Waals surface area contributed by atoms with Crippen LogP contribution in [-0.2, 0) is 10.0 Å². The fourth-order valence-electron chi connectivity index (χ4n) is 3.57. The molecule has 2 aliphatic heterocycles. The van der Waals surface area contributed by atoms with E-state index in [4.69, 9.17) is 0 Å². The molecule has 1 atom stereocenters. The topological polar surface area (TPSA) is 73.8 Å². The highest BCUT2D eigenvalue weighted by atomic mass is 127. The highest BCUT2D eigenvalue weighted by Gasteiger charge is 2.29. The van der Waals surface area contributed by atoms with Crippen molar-refractivity contribution in [3.05, 3.63) is 30.3 Å². The van der Waals surface area contributed by atoms with Gasteiger partial charge in [-0.3, -0.25) is 4.99 Å². The SMILES string of the molecule is CN=C(NCC1CCN(S(=O)(=O)c2ccccc2)CC1)NCC1CCCS1.I. The maximum Gasteiger partial charge on any atom is 0.243 e. The molecule has 9 heteroatoms. The maximum atomic E-state index is 12.7. The Kier molecular flexibility index (Phi) is 9.85. The lowest BCUT2D eigenvalue weighted by molar-refractivity contribution is 0.273. The van der Waals surface area contributed by atoms with Gasteiger partial charge in [-0.05, 0) is 49.5 Å². The van der Waals surface area contributed by atoms with Crippen LogP contribution in [0, 0.1) is 5.92 Å². The maximum absolute atomic E-state index is 12.7. The number of sulfonamides is 1. The van der Waals surface area contributed by atoms with Crippen LogP contribution in [-0.4, -0.2) is 62.9 Å². The van der Waals surface area contributed by atoms with Gasteiger partial charge in [0.1, 0.15) is 0 Å². The van der Waals surface area contributed by atoms with Crippen LogP contribution in [0.5, 0.6) is 0 Å².